The van der Waals surface area contributed by atoms with Crippen LogP contribution in [0.5, 0.6) is 0 Å². The quantitative estimate of drug-likeness (QED) is 0.485. The van der Waals surface area contributed by atoms with Crippen LogP contribution >= 0.6 is 0 Å². The number of methoxy groups -OCH3 is 2. The summed E-state index contributed by atoms with van der Waals surface area (Å²) in [5.74, 6) is -0.331. The lowest BCUT2D eigenvalue weighted by atomic mass is 9.96. The molecule has 2 atom stereocenters. The first kappa shape index (κ1) is 21.4. The van der Waals surface area contributed by atoms with Crippen LogP contribution in [-0.2, 0) is 19.1 Å². The molecule has 4 nitrogen and oxygen atoms in total. The van der Waals surface area contributed by atoms with Crippen molar-refractivity contribution in [3.05, 3.63) is 0 Å². The minimum absolute atomic E-state index is 0.152. The fraction of sp³-hybridized carbons (Fsp3) is 0.875. The second-order valence-corrected chi connectivity index (χ2v) is 19.1. The summed E-state index contributed by atoms with van der Waals surface area (Å²) in [7, 11) is -0.822. The Morgan fingerprint density at radius 3 is 1.77 bits per heavy atom. The molecule has 0 rings (SSSR count). The van der Waals surface area contributed by atoms with Crippen LogP contribution in [0.25, 0.3) is 0 Å². The number of esters is 2. The minimum atomic E-state index is -1.90. The smallest absolute Gasteiger partial charge is 0.308 e. The van der Waals surface area contributed by atoms with Crippen LogP contribution in [0.4, 0.5) is 0 Å². The Labute approximate surface area is 138 Å². The molecule has 6 heteroatoms. The predicted molar refractivity (Wildman–Crippen MR) is 96.7 cm³/mol. The molecular formula is C16H34O4Si2. The van der Waals surface area contributed by atoms with Gasteiger partial charge in [0.1, 0.15) is 0 Å². The standard InChI is InChI=1S/C16H34O4Si2/c1-10-11-16(15(18)20-3,22(7,8)9)12-13(14(17)19-2)21(4,5)6/h13H,10-12H2,1-9H3. The Morgan fingerprint density at radius 1 is 1.00 bits per heavy atom. The third-order valence-corrected chi connectivity index (χ3v) is 10.8. The van der Waals surface area contributed by atoms with E-state index in [-0.39, 0.29) is 17.5 Å². The van der Waals surface area contributed by atoms with Crippen molar-refractivity contribution in [2.45, 2.75) is 76.0 Å². The number of ether oxygens (including phenoxy) is 2. The highest BCUT2D eigenvalue weighted by Crippen LogP contribution is 2.52. The molecule has 0 aromatic rings. The summed E-state index contributed by atoms with van der Waals surface area (Å²) in [5.41, 5.74) is -0.185. The Bertz CT molecular complexity index is 396. The lowest BCUT2D eigenvalue weighted by Crippen LogP contribution is -2.49. The first-order valence-corrected chi connectivity index (χ1v) is 15.1. The molecule has 0 fully saturated rings. The van der Waals surface area contributed by atoms with E-state index in [1.165, 1.54) is 14.2 Å². The average molecular weight is 347 g/mol. The Morgan fingerprint density at radius 2 is 1.50 bits per heavy atom. The zero-order valence-corrected chi connectivity index (χ0v) is 17.8. The number of carbonyl (C=O) groups is 2. The van der Waals surface area contributed by atoms with Gasteiger partial charge in [0, 0.05) is 0 Å². The molecule has 0 saturated carbocycles. The zero-order chi connectivity index (χ0) is 17.8. The summed E-state index contributed by atoms with van der Waals surface area (Å²) in [6.07, 6.45) is 2.23. The molecule has 0 bridgehead atoms. The van der Waals surface area contributed by atoms with Crippen molar-refractivity contribution >= 4 is 28.1 Å². The van der Waals surface area contributed by atoms with Gasteiger partial charge in [0.05, 0.1) is 40.9 Å². The van der Waals surface area contributed by atoms with Gasteiger partial charge in [-0.3, -0.25) is 9.59 Å². The van der Waals surface area contributed by atoms with Crippen LogP contribution in [0.2, 0.25) is 49.9 Å². The lowest BCUT2D eigenvalue weighted by Gasteiger charge is -2.44. The summed E-state index contributed by atoms with van der Waals surface area (Å²) in [4.78, 5) is 25.1. The van der Waals surface area contributed by atoms with E-state index in [9.17, 15) is 9.59 Å². The van der Waals surface area contributed by atoms with Gasteiger partial charge in [0.2, 0.25) is 0 Å². The first-order chi connectivity index (χ1) is 9.87. The predicted octanol–water partition coefficient (Wildman–Crippen LogP) is 4.31. The van der Waals surface area contributed by atoms with Gasteiger partial charge in [-0.2, -0.15) is 0 Å². The van der Waals surface area contributed by atoms with Crippen LogP contribution in [0.15, 0.2) is 0 Å². The van der Waals surface area contributed by atoms with Crippen molar-refractivity contribution < 1.29 is 19.1 Å². The Hall–Kier alpha value is -0.626. The summed E-state index contributed by atoms with van der Waals surface area (Å²) in [6.45, 7) is 15.1. The summed E-state index contributed by atoms with van der Waals surface area (Å²) < 4.78 is 10.2. The third kappa shape index (κ3) is 4.68. The molecule has 0 aliphatic carbocycles. The number of carbonyl (C=O) groups excluding carboxylic acids is 2. The summed E-state index contributed by atoms with van der Waals surface area (Å²) in [5, 5.41) is -0.532. The monoisotopic (exact) mass is 346 g/mol. The summed E-state index contributed by atoms with van der Waals surface area (Å²) >= 11 is 0. The molecule has 2 unspecified atom stereocenters. The van der Waals surface area contributed by atoms with Gasteiger partial charge in [-0.25, -0.2) is 0 Å². The van der Waals surface area contributed by atoms with Crippen LogP contribution in [0, 0.1) is 0 Å². The Balaban J connectivity index is 5.97. The van der Waals surface area contributed by atoms with Crippen molar-refractivity contribution in [1.82, 2.24) is 0 Å². The van der Waals surface area contributed by atoms with E-state index in [1.807, 2.05) is 0 Å². The highest BCUT2D eigenvalue weighted by molar-refractivity contribution is 6.83. The Kier molecular flexibility index (Phi) is 7.55. The van der Waals surface area contributed by atoms with Crippen molar-refractivity contribution in [3.63, 3.8) is 0 Å². The van der Waals surface area contributed by atoms with E-state index in [0.717, 1.165) is 12.8 Å². The molecule has 0 aliphatic heterocycles. The van der Waals surface area contributed by atoms with Gasteiger partial charge in [-0.15, -0.1) is 0 Å². The fourth-order valence-electron chi connectivity index (χ4n) is 3.13. The third-order valence-electron chi connectivity index (χ3n) is 4.77. The molecule has 0 radical (unpaired) electrons. The molecule has 0 aliphatic rings. The number of hydrogen-bond donors (Lipinski definition) is 0. The SMILES string of the molecule is CCCC(CC(C(=O)OC)[Si](C)(C)C)(C(=O)OC)[Si](C)(C)C. The van der Waals surface area contributed by atoms with Gasteiger partial charge in [0.25, 0.3) is 0 Å². The number of rotatable bonds is 8. The summed E-state index contributed by atoms with van der Waals surface area (Å²) in [6, 6.07) is 0. The normalized spacial score (nSPS) is 16.6. The van der Waals surface area contributed by atoms with Crippen LogP contribution in [0.1, 0.15) is 26.2 Å². The van der Waals surface area contributed by atoms with Crippen LogP contribution in [0.3, 0.4) is 0 Å². The molecular weight excluding hydrogens is 312 g/mol. The number of hydrogen-bond acceptors (Lipinski definition) is 4. The van der Waals surface area contributed by atoms with Gasteiger partial charge in [-0.05, 0) is 12.8 Å². The molecule has 0 heterocycles. The minimum Gasteiger partial charge on any atom is -0.469 e. The van der Waals surface area contributed by atoms with E-state index in [4.69, 9.17) is 9.47 Å². The van der Waals surface area contributed by atoms with Crippen molar-refractivity contribution in [1.29, 1.82) is 0 Å². The second-order valence-electron chi connectivity index (χ2n) is 8.22. The topological polar surface area (TPSA) is 52.6 Å². The largest absolute Gasteiger partial charge is 0.469 e. The first-order valence-electron chi connectivity index (χ1n) is 8.03. The molecule has 0 spiro atoms. The maximum Gasteiger partial charge on any atom is 0.308 e. The van der Waals surface area contributed by atoms with E-state index < -0.39 is 21.2 Å². The molecule has 130 valence electrons. The van der Waals surface area contributed by atoms with E-state index in [0.29, 0.717) is 6.42 Å². The van der Waals surface area contributed by atoms with Gasteiger partial charge >= 0.3 is 11.9 Å². The average Bonchev–Trinajstić information content (AvgIpc) is 2.38. The zero-order valence-electron chi connectivity index (χ0n) is 15.8. The molecule has 0 saturated heterocycles. The second kappa shape index (κ2) is 7.77. The molecule has 0 aromatic heterocycles. The fourth-order valence-corrected chi connectivity index (χ4v) is 7.65. The highest BCUT2D eigenvalue weighted by atomic mass is 28.3. The highest BCUT2D eigenvalue weighted by Gasteiger charge is 2.53. The van der Waals surface area contributed by atoms with Crippen molar-refractivity contribution in [3.8, 4) is 0 Å². The van der Waals surface area contributed by atoms with Crippen LogP contribution < -0.4 is 0 Å². The van der Waals surface area contributed by atoms with E-state index >= 15 is 0 Å². The molecule has 0 amide bonds. The molecule has 0 aromatic carbocycles. The maximum absolute atomic E-state index is 12.7. The van der Waals surface area contributed by atoms with Gasteiger partial charge < -0.3 is 9.47 Å². The molecule has 0 N–H and O–H groups in total. The van der Waals surface area contributed by atoms with Gasteiger partial charge in [-0.1, -0.05) is 52.6 Å². The van der Waals surface area contributed by atoms with Crippen LogP contribution in [-0.4, -0.2) is 42.3 Å². The molecule has 22 heavy (non-hydrogen) atoms. The lowest BCUT2D eigenvalue weighted by molar-refractivity contribution is -0.146. The van der Waals surface area contributed by atoms with E-state index in [2.05, 4.69) is 46.2 Å². The van der Waals surface area contributed by atoms with Gasteiger partial charge in [0.15, 0.2) is 0 Å². The van der Waals surface area contributed by atoms with Crippen molar-refractivity contribution in [2.24, 2.45) is 0 Å². The maximum atomic E-state index is 12.7. The van der Waals surface area contributed by atoms with E-state index in [1.54, 1.807) is 0 Å². The van der Waals surface area contributed by atoms with Crippen molar-refractivity contribution in [2.75, 3.05) is 14.2 Å².